The number of unbranched alkanes of at least 4 members (excludes halogenated alkanes) is 11. The molecule has 0 bridgehead atoms. The molecule has 2 saturated carbocycles. The second-order valence-corrected chi connectivity index (χ2v) is 18.5. The van der Waals surface area contributed by atoms with Crippen molar-refractivity contribution in [1.82, 2.24) is 25.8 Å². The highest BCUT2D eigenvalue weighted by Crippen LogP contribution is 2.42. The van der Waals surface area contributed by atoms with Gasteiger partial charge in [-0.3, -0.25) is 24.0 Å². The molecule has 7 atom stereocenters. The van der Waals surface area contributed by atoms with Gasteiger partial charge in [-0.1, -0.05) is 138 Å². The van der Waals surface area contributed by atoms with Crippen LogP contribution in [0.2, 0.25) is 0 Å². The van der Waals surface area contributed by atoms with E-state index in [0.29, 0.717) is 24.1 Å². The third kappa shape index (κ3) is 12.6. The average molecular weight is 844 g/mol. The number of nitrogens with one attached hydrogen (secondary N) is 3. The molecule has 0 unspecified atom stereocenters. The molecule has 0 radical (unpaired) electrons. The lowest BCUT2D eigenvalue weighted by Crippen LogP contribution is -2.49. The lowest BCUT2D eigenvalue weighted by Gasteiger charge is -2.33. The Labute approximate surface area is 369 Å². The summed E-state index contributed by atoms with van der Waals surface area (Å²) in [5, 5.41) is 9.52. The third-order valence-corrected chi connectivity index (χ3v) is 13.7. The molecule has 2 heterocycles. The highest BCUT2D eigenvalue weighted by atomic mass is 16.2. The minimum Gasteiger partial charge on any atom is -0.352 e. The summed E-state index contributed by atoms with van der Waals surface area (Å²) in [6.45, 7) is 3.77. The molecule has 332 valence electrons. The van der Waals surface area contributed by atoms with Crippen molar-refractivity contribution in [3.05, 3.63) is 107 Å². The zero-order valence-corrected chi connectivity index (χ0v) is 36.9. The second-order valence-electron chi connectivity index (χ2n) is 18.5. The summed E-state index contributed by atoms with van der Waals surface area (Å²) in [6, 6.07) is 26.7. The van der Waals surface area contributed by atoms with Crippen molar-refractivity contribution in [1.29, 1.82) is 0 Å². The van der Waals surface area contributed by atoms with Gasteiger partial charge in [-0.05, 0) is 67.5 Å². The van der Waals surface area contributed by atoms with E-state index < -0.39 is 11.8 Å². The van der Waals surface area contributed by atoms with Gasteiger partial charge in [-0.2, -0.15) is 0 Å². The molecule has 0 spiro atoms. The number of piperidine rings is 1. The predicted octanol–water partition coefficient (Wildman–Crippen LogP) is 8.53. The topological polar surface area (TPSA) is 128 Å². The molecule has 10 nitrogen and oxygen atoms in total. The number of hydrogen-bond acceptors (Lipinski definition) is 5. The SMILES string of the molecule is CCCCCCCCCCCCCCC(=O)N1CCC[C@H](NC(=O)c2ccc(C(=O)N3C[C@@H](C(=O)N[C@H]4C[C@@H]4c4ccccc4)[C@H](C(=O)N[C@H]4C[C@@H]4c4ccccc4)C3)cc2)C1. The van der Waals surface area contributed by atoms with Gasteiger partial charge in [-0.15, -0.1) is 0 Å². The molecule has 3 aromatic rings. The van der Waals surface area contributed by atoms with E-state index in [2.05, 4.69) is 47.1 Å². The third-order valence-electron chi connectivity index (χ3n) is 13.7. The van der Waals surface area contributed by atoms with Crippen LogP contribution in [0.5, 0.6) is 0 Å². The normalized spacial score (nSPS) is 24.0. The maximum absolute atomic E-state index is 14.0. The van der Waals surface area contributed by atoms with E-state index in [9.17, 15) is 24.0 Å². The summed E-state index contributed by atoms with van der Waals surface area (Å²) < 4.78 is 0. The molecule has 5 amide bonds. The minimum absolute atomic E-state index is 0.00387. The molecule has 4 fully saturated rings. The molecular weight excluding hydrogens is 775 g/mol. The monoisotopic (exact) mass is 844 g/mol. The van der Waals surface area contributed by atoms with E-state index in [-0.39, 0.29) is 72.6 Å². The van der Waals surface area contributed by atoms with Crippen LogP contribution in [0, 0.1) is 11.8 Å². The van der Waals surface area contributed by atoms with E-state index in [1.165, 1.54) is 75.3 Å². The smallest absolute Gasteiger partial charge is 0.253 e. The second kappa shape index (κ2) is 22.4. The Morgan fingerprint density at radius 2 is 1.03 bits per heavy atom. The van der Waals surface area contributed by atoms with E-state index >= 15 is 0 Å². The fraction of sp³-hybridized carbons (Fsp3) is 0.558. The number of nitrogens with zero attached hydrogens (tertiary/aromatic N) is 2. The van der Waals surface area contributed by atoms with Gasteiger partial charge < -0.3 is 25.8 Å². The summed E-state index contributed by atoms with van der Waals surface area (Å²) >= 11 is 0. The first-order chi connectivity index (χ1) is 30.3. The van der Waals surface area contributed by atoms with Crippen LogP contribution in [-0.2, 0) is 14.4 Å². The van der Waals surface area contributed by atoms with Crippen molar-refractivity contribution in [3.63, 3.8) is 0 Å². The van der Waals surface area contributed by atoms with Crippen molar-refractivity contribution in [2.24, 2.45) is 11.8 Å². The average Bonchev–Trinajstić information content (AvgIpc) is 4.21. The van der Waals surface area contributed by atoms with Crippen molar-refractivity contribution >= 4 is 29.5 Å². The molecule has 2 aliphatic heterocycles. The number of benzene rings is 3. The molecule has 7 rings (SSSR count). The predicted molar refractivity (Wildman–Crippen MR) is 244 cm³/mol. The number of rotatable bonds is 22. The van der Waals surface area contributed by atoms with E-state index in [4.69, 9.17) is 0 Å². The zero-order chi connectivity index (χ0) is 43.3. The first-order valence-electron chi connectivity index (χ1n) is 24.0. The summed E-state index contributed by atoms with van der Waals surface area (Å²) in [4.78, 5) is 71.6. The standard InChI is InChI=1S/C52H69N5O5/c1-2-3-4-5-6-7-8-9-10-11-12-19-26-48(58)56-31-20-25-41(34-56)53-49(59)39-27-29-40(30-28-39)52(62)57-35-44(50(60)54-46-32-42(46)37-21-15-13-16-22-37)45(36-57)51(61)55-47-33-43(47)38-23-17-14-18-24-38/h13-18,21-24,27-30,41-47H,2-12,19-20,25-26,31-36H2,1H3,(H,53,59)(H,54,60)(H,55,61)/t41-,42+,43+,44+,45+,46-,47-/m0/s1. The van der Waals surface area contributed by atoms with Crippen molar-refractivity contribution in [3.8, 4) is 0 Å². The van der Waals surface area contributed by atoms with Gasteiger partial charge >= 0.3 is 0 Å². The molecule has 2 aliphatic carbocycles. The van der Waals surface area contributed by atoms with E-state index in [1.54, 1.807) is 29.2 Å². The molecule has 0 aromatic heterocycles. The first kappa shape index (κ1) is 45.0. The van der Waals surface area contributed by atoms with Gasteiger partial charge in [0.25, 0.3) is 11.8 Å². The minimum atomic E-state index is -0.679. The lowest BCUT2D eigenvalue weighted by atomic mass is 9.94. The van der Waals surface area contributed by atoms with E-state index in [1.807, 2.05) is 41.3 Å². The van der Waals surface area contributed by atoms with E-state index in [0.717, 1.165) is 45.1 Å². The van der Waals surface area contributed by atoms with Crippen LogP contribution < -0.4 is 16.0 Å². The van der Waals surface area contributed by atoms with Crippen molar-refractivity contribution in [2.75, 3.05) is 26.2 Å². The molecule has 10 heteroatoms. The number of carbonyl (C=O) groups is 5. The van der Waals surface area contributed by atoms with Crippen LogP contribution in [-0.4, -0.2) is 83.6 Å². The molecule has 4 aliphatic rings. The van der Waals surface area contributed by atoms with Gasteiger partial charge in [0.1, 0.15) is 0 Å². The molecule has 3 N–H and O–H groups in total. The highest BCUT2D eigenvalue weighted by Gasteiger charge is 2.49. The van der Waals surface area contributed by atoms with Crippen LogP contribution >= 0.6 is 0 Å². The Kier molecular flexibility index (Phi) is 16.3. The maximum Gasteiger partial charge on any atom is 0.253 e. The molecule has 62 heavy (non-hydrogen) atoms. The van der Waals surface area contributed by atoms with Crippen LogP contribution in [0.3, 0.4) is 0 Å². The number of amides is 5. The maximum atomic E-state index is 14.0. The molecule has 2 saturated heterocycles. The highest BCUT2D eigenvalue weighted by molar-refractivity contribution is 5.99. The zero-order valence-electron chi connectivity index (χ0n) is 36.9. The molecule has 3 aromatic carbocycles. The Morgan fingerprint density at radius 1 is 0.548 bits per heavy atom. The summed E-state index contributed by atoms with van der Waals surface area (Å²) in [5.74, 6) is -1.60. The largest absolute Gasteiger partial charge is 0.352 e. The van der Waals surface area contributed by atoms with Gasteiger partial charge in [-0.25, -0.2) is 0 Å². The number of carbonyl (C=O) groups excluding carboxylic acids is 5. The summed E-state index contributed by atoms with van der Waals surface area (Å²) in [7, 11) is 0. The van der Waals surface area contributed by atoms with Gasteiger partial charge in [0, 0.05) is 73.7 Å². The van der Waals surface area contributed by atoms with Crippen molar-refractivity contribution < 1.29 is 24.0 Å². The Morgan fingerprint density at radius 3 is 1.55 bits per heavy atom. The Balaban J connectivity index is 0.869. The van der Waals surface area contributed by atoms with Crippen molar-refractivity contribution in [2.45, 2.75) is 146 Å². The fourth-order valence-corrected chi connectivity index (χ4v) is 9.74. The first-order valence-corrected chi connectivity index (χ1v) is 24.0. The fourth-order valence-electron chi connectivity index (χ4n) is 9.74. The molecular formula is C52H69N5O5. The van der Waals surface area contributed by atoms with Crippen LogP contribution in [0.4, 0.5) is 0 Å². The summed E-state index contributed by atoms with van der Waals surface area (Å²) in [6.07, 6.45) is 19.1. The van der Waals surface area contributed by atoms with Gasteiger partial charge in [0.05, 0.1) is 11.8 Å². The van der Waals surface area contributed by atoms with Gasteiger partial charge in [0.2, 0.25) is 17.7 Å². The number of likely N-dealkylation sites (tertiary alicyclic amines) is 2. The Bertz CT molecular complexity index is 1860. The van der Waals surface area contributed by atoms with Gasteiger partial charge in [0.15, 0.2) is 0 Å². The lowest BCUT2D eigenvalue weighted by molar-refractivity contribution is -0.133. The Hall–Kier alpha value is -4.99. The quantitative estimate of drug-likeness (QED) is 0.0875. The van der Waals surface area contributed by atoms with Crippen LogP contribution in [0.15, 0.2) is 84.9 Å². The van der Waals surface area contributed by atoms with Crippen LogP contribution in [0.25, 0.3) is 0 Å². The summed E-state index contributed by atoms with van der Waals surface area (Å²) in [5.41, 5.74) is 3.20. The van der Waals surface area contributed by atoms with Crippen LogP contribution in [0.1, 0.15) is 160 Å². The number of hydrogen-bond donors (Lipinski definition) is 3.